The molecule has 0 fully saturated rings. The number of hydrogen-bond acceptors (Lipinski definition) is 3. The second-order valence-corrected chi connectivity index (χ2v) is 5.03. The van der Waals surface area contributed by atoms with Crippen molar-refractivity contribution in [3.63, 3.8) is 0 Å². The van der Waals surface area contributed by atoms with E-state index in [9.17, 15) is 4.79 Å². The normalized spacial score (nSPS) is 12.1. The van der Waals surface area contributed by atoms with Crippen molar-refractivity contribution in [2.75, 3.05) is 24.8 Å². The van der Waals surface area contributed by atoms with E-state index < -0.39 is 6.10 Å². The van der Waals surface area contributed by atoms with Crippen LogP contribution in [-0.2, 0) is 9.53 Å². The maximum absolute atomic E-state index is 11.8. The zero-order chi connectivity index (χ0) is 13.9. The zero-order valence-corrected chi connectivity index (χ0v) is 13.1. The van der Waals surface area contributed by atoms with Crippen molar-refractivity contribution in [3.8, 4) is 0 Å². The molecule has 0 unspecified atom stereocenters. The van der Waals surface area contributed by atoms with Gasteiger partial charge in [-0.2, -0.15) is 0 Å². The van der Waals surface area contributed by atoms with E-state index in [4.69, 9.17) is 16.3 Å². The van der Waals surface area contributed by atoms with Crippen molar-refractivity contribution in [2.24, 2.45) is 0 Å². The molecular formula is C12H16BrClN2O2. The van der Waals surface area contributed by atoms with Crippen LogP contribution in [0, 0.1) is 6.92 Å². The van der Waals surface area contributed by atoms with Crippen LogP contribution in [0.15, 0.2) is 10.5 Å². The van der Waals surface area contributed by atoms with Gasteiger partial charge in [0.25, 0.3) is 5.91 Å². The zero-order valence-electron chi connectivity index (χ0n) is 10.7. The second-order valence-electron chi connectivity index (χ2n) is 3.86. The number of rotatable bonds is 4. The molecule has 4 nitrogen and oxygen atoms in total. The molecule has 0 bridgehead atoms. The van der Waals surface area contributed by atoms with E-state index in [1.807, 2.05) is 13.0 Å². The van der Waals surface area contributed by atoms with Gasteiger partial charge in [0.2, 0.25) is 0 Å². The lowest BCUT2D eigenvalue weighted by Crippen LogP contribution is -2.27. The quantitative estimate of drug-likeness (QED) is 0.886. The monoisotopic (exact) mass is 334 g/mol. The highest BCUT2D eigenvalue weighted by Gasteiger charge is 2.18. The topological polar surface area (TPSA) is 50.4 Å². The smallest absolute Gasteiger partial charge is 0.253 e. The molecule has 1 aromatic carbocycles. The van der Waals surface area contributed by atoms with Gasteiger partial charge in [0.05, 0.1) is 16.4 Å². The van der Waals surface area contributed by atoms with Gasteiger partial charge in [0.1, 0.15) is 6.10 Å². The Kier molecular flexibility index (Phi) is 5.44. The number of nitrogens with one attached hydrogen (secondary N) is 2. The van der Waals surface area contributed by atoms with Gasteiger partial charge < -0.3 is 15.4 Å². The van der Waals surface area contributed by atoms with Crippen LogP contribution in [-0.4, -0.2) is 26.2 Å². The minimum atomic E-state index is -0.536. The molecule has 0 heterocycles. The summed E-state index contributed by atoms with van der Waals surface area (Å²) in [6.07, 6.45) is -0.536. The molecule has 2 N–H and O–H groups in total. The molecule has 1 aromatic rings. The predicted octanol–water partition coefficient (Wildman–Crippen LogP) is 3.43. The first-order valence-electron chi connectivity index (χ1n) is 5.42. The van der Waals surface area contributed by atoms with Gasteiger partial charge in [-0.3, -0.25) is 4.79 Å². The molecule has 0 aliphatic rings. The third kappa shape index (κ3) is 3.16. The van der Waals surface area contributed by atoms with E-state index in [0.717, 1.165) is 15.7 Å². The summed E-state index contributed by atoms with van der Waals surface area (Å²) in [5, 5.41) is 6.23. The van der Waals surface area contributed by atoms with Gasteiger partial charge in [0, 0.05) is 18.6 Å². The molecule has 0 aliphatic heterocycles. The number of methoxy groups -OCH3 is 1. The number of hydrogen-bond donors (Lipinski definition) is 2. The summed E-state index contributed by atoms with van der Waals surface area (Å²) in [6, 6.07) is 1.91. The summed E-state index contributed by atoms with van der Waals surface area (Å²) in [5.74, 6) is -0.244. The average molecular weight is 336 g/mol. The molecule has 1 atom stereocenters. The number of ether oxygens (including phenoxy) is 1. The Hall–Kier alpha value is -0.780. The van der Waals surface area contributed by atoms with Crippen molar-refractivity contribution >= 4 is 44.8 Å². The summed E-state index contributed by atoms with van der Waals surface area (Å²) in [4.78, 5) is 11.8. The Morgan fingerprint density at radius 1 is 1.56 bits per heavy atom. The van der Waals surface area contributed by atoms with Crippen molar-refractivity contribution in [1.29, 1.82) is 0 Å². The number of carbonyl (C=O) groups excluding carboxylic acids is 1. The van der Waals surface area contributed by atoms with Crippen LogP contribution in [0.25, 0.3) is 0 Å². The lowest BCUT2D eigenvalue weighted by atomic mass is 10.2. The molecular weight excluding hydrogens is 320 g/mol. The molecule has 100 valence electrons. The van der Waals surface area contributed by atoms with Crippen LogP contribution < -0.4 is 10.6 Å². The lowest BCUT2D eigenvalue weighted by Gasteiger charge is -2.17. The third-order valence-electron chi connectivity index (χ3n) is 2.63. The SMILES string of the molecule is CNc1cc(C)c(Br)c(Cl)c1NC(=O)[C@@H](C)OC. The Bertz CT molecular complexity index is 466. The predicted molar refractivity (Wildman–Crippen MR) is 78.5 cm³/mol. The van der Waals surface area contributed by atoms with Crippen LogP contribution in [0.2, 0.25) is 5.02 Å². The van der Waals surface area contributed by atoms with E-state index >= 15 is 0 Å². The number of halogens is 2. The summed E-state index contributed by atoms with van der Waals surface area (Å²) in [5.41, 5.74) is 2.30. The van der Waals surface area contributed by atoms with Crippen molar-refractivity contribution in [2.45, 2.75) is 20.0 Å². The summed E-state index contributed by atoms with van der Waals surface area (Å²) in [6.45, 7) is 3.60. The molecule has 0 aliphatic carbocycles. The molecule has 0 aromatic heterocycles. The maximum Gasteiger partial charge on any atom is 0.253 e. The fraction of sp³-hybridized carbons (Fsp3) is 0.417. The number of carbonyl (C=O) groups is 1. The average Bonchev–Trinajstić information content (AvgIpc) is 2.37. The van der Waals surface area contributed by atoms with E-state index in [1.165, 1.54) is 7.11 Å². The molecule has 0 saturated carbocycles. The van der Waals surface area contributed by atoms with Crippen molar-refractivity contribution in [1.82, 2.24) is 0 Å². The van der Waals surface area contributed by atoms with Gasteiger partial charge in [0.15, 0.2) is 0 Å². The fourth-order valence-corrected chi connectivity index (χ4v) is 2.02. The van der Waals surface area contributed by atoms with Gasteiger partial charge in [-0.1, -0.05) is 11.6 Å². The first-order chi connectivity index (χ1) is 8.42. The van der Waals surface area contributed by atoms with Crippen LogP contribution in [0.3, 0.4) is 0 Å². The largest absolute Gasteiger partial charge is 0.386 e. The van der Waals surface area contributed by atoms with Gasteiger partial charge in [-0.15, -0.1) is 0 Å². The Balaban J connectivity index is 3.15. The highest BCUT2D eigenvalue weighted by atomic mass is 79.9. The molecule has 1 amide bonds. The van der Waals surface area contributed by atoms with Crippen LogP contribution in [0.4, 0.5) is 11.4 Å². The Labute approximate surface area is 120 Å². The minimum Gasteiger partial charge on any atom is -0.386 e. The molecule has 0 saturated heterocycles. The third-order valence-corrected chi connectivity index (χ3v) is 4.26. The number of aryl methyl sites for hydroxylation is 1. The lowest BCUT2D eigenvalue weighted by molar-refractivity contribution is -0.124. The van der Waals surface area contributed by atoms with E-state index in [2.05, 4.69) is 26.6 Å². The van der Waals surface area contributed by atoms with Crippen LogP contribution in [0.5, 0.6) is 0 Å². The van der Waals surface area contributed by atoms with E-state index in [1.54, 1.807) is 14.0 Å². The highest BCUT2D eigenvalue weighted by molar-refractivity contribution is 9.10. The van der Waals surface area contributed by atoms with Gasteiger partial charge in [-0.25, -0.2) is 0 Å². The van der Waals surface area contributed by atoms with Crippen molar-refractivity contribution < 1.29 is 9.53 Å². The molecule has 18 heavy (non-hydrogen) atoms. The first-order valence-corrected chi connectivity index (χ1v) is 6.59. The van der Waals surface area contributed by atoms with Crippen molar-refractivity contribution in [3.05, 3.63) is 21.1 Å². The van der Waals surface area contributed by atoms with Gasteiger partial charge in [-0.05, 0) is 41.4 Å². The summed E-state index contributed by atoms with van der Waals surface area (Å²) >= 11 is 9.63. The standard InChI is InChI=1S/C12H16BrClN2O2/c1-6-5-8(15-3)11(10(14)9(6)13)16-12(17)7(2)18-4/h5,7,15H,1-4H3,(H,16,17)/t7-/m1/s1. The molecule has 1 rings (SSSR count). The number of anilines is 2. The number of benzene rings is 1. The number of amides is 1. The molecule has 0 spiro atoms. The van der Waals surface area contributed by atoms with Crippen LogP contribution in [0.1, 0.15) is 12.5 Å². The first kappa shape index (κ1) is 15.3. The summed E-state index contributed by atoms with van der Waals surface area (Å²) in [7, 11) is 3.25. The molecule has 6 heteroatoms. The Morgan fingerprint density at radius 2 is 2.17 bits per heavy atom. The van der Waals surface area contributed by atoms with Crippen LogP contribution >= 0.6 is 27.5 Å². The Morgan fingerprint density at radius 3 is 2.67 bits per heavy atom. The fourth-order valence-electron chi connectivity index (χ4n) is 1.40. The second kappa shape index (κ2) is 6.41. The van der Waals surface area contributed by atoms with E-state index in [-0.39, 0.29) is 5.91 Å². The van der Waals surface area contributed by atoms with Gasteiger partial charge >= 0.3 is 0 Å². The highest BCUT2D eigenvalue weighted by Crippen LogP contribution is 2.38. The maximum atomic E-state index is 11.8. The minimum absolute atomic E-state index is 0.244. The summed E-state index contributed by atoms with van der Waals surface area (Å²) < 4.78 is 5.73. The molecule has 0 radical (unpaired) electrons. The van der Waals surface area contributed by atoms with E-state index in [0.29, 0.717) is 10.7 Å².